The van der Waals surface area contributed by atoms with Crippen LogP contribution >= 0.6 is 23.2 Å². The summed E-state index contributed by atoms with van der Waals surface area (Å²) in [4.78, 5) is 0. The molecular formula is C9H11Cl2NO. The lowest BCUT2D eigenvalue weighted by Gasteiger charge is -2.12. The van der Waals surface area contributed by atoms with E-state index in [1.165, 1.54) is 0 Å². The van der Waals surface area contributed by atoms with Crippen LogP contribution in [0.25, 0.3) is 0 Å². The molecule has 0 saturated heterocycles. The van der Waals surface area contributed by atoms with E-state index in [0.29, 0.717) is 28.6 Å². The van der Waals surface area contributed by atoms with Gasteiger partial charge in [0, 0.05) is 15.6 Å². The minimum Gasteiger partial charge on any atom is -0.388 e. The van der Waals surface area contributed by atoms with Gasteiger partial charge in [-0.25, -0.2) is 0 Å². The van der Waals surface area contributed by atoms with Crippen molar-refractivity contribution in [1.82, 2.24) is 0 Å². The van der Waals surface area contributed by atoms with Crippen molar-refractivity contribution < 1.29 is 5.11 Å². The summed E-state index contributed by atoms with van der Waals surface area (Å²) in [6, 6.07) is 5.13. The van der Waals surface area contributed by atoms with Crippen molar-refractivity contribution in [1.29, 1.82) is 0 Å². The molecule has 0 fully saturated rings. The molecule has 0 aromatic heterocycles. The van der Waals surface area contributed by atoms with Crippen molar-refractivity contribution in [3.63, 3.8) is 0 Å². The third-order valence-corrected chi connectivity index (χ3v) is 2.43. The maximum Gasteiger partial charge on any atom is 0.0831 e. The second kappa shape index (κ2) is 4.82. The largest absolute Gasteiger partial charge is 0.388 e. The summed E-state index contributed by atoms with van der Waals surface area (Å²) in [7, 11) is 0. The molecule has 0 aliphatic carbocycles. The first kappa shape index (κ1) is 10.8. The molecule has 1 rings (SSSR count). The van der Waals surface area contributed by atoms with Crippen LogP contribution in [0.4, 0.5) is 0 Å². The smallest absolute Gasteiger partial charge is 0.0831 e. The molecule has 0 bridgehead atoms. The first-order valence-electron chi connectivity index (χ1n) is 3.99. The summed E-state index contributed by atoms with van der Waals surface area (Å²) in [5, 5.41) is 10.6. The van der Waals surface area contributed by atoms with Gasteiger partial charge in [-0.3, -0.25) is 0 Å². The zero-order valence-electron chi connectivity index (χ0n) is 7.00. The maximum atomic E-state index is 9.63. The third kappa shape index (κ3) is 2.58. The van der Waals surface area contributed by atoms with Crippen LogP contribution in [0.2, 0.25) is 10.0 Å². The van der Waals surface area contributed by atoms with Crippen LogP contribution in [0.15, 0.2) is 18.2 Å². The summed E-state index contributed by atoms with van der Waals surface area (Å²) in [5.74, 6) is 0. The van der Waals surface area contributed by atoms with Gasteiger partial charge in [-0.05, 0) is 25.1 Å². The first-order valence-corrected chi connectivity index (χ1v) is 4.74. The number of aliphatic hydroxyl groups excluding tert-OH is 1. The highest BCUT2D eigenvalue weighted by Crippen LogP contribution is 2.31. The Morgan fingerprint density at radius 2 is 1.85 bits per heavy atom. The highest BCUT2D eigenvalue weighted by molar-refractivity contribution is 6.36. The molecule has 13 heavy (non-hydrogen) atoms. The Labute approximate surface area is 87.3 Å². The van der Waals surface area contributed by atoms with Crippen molar-refractivity contribution in [3.8, 4) is 0 Å². The van der Waals surface area contributed by atoms with Crippen LogP contribution in [-0.2, 0) is 0 Å². The van der Waals surface area contributed by atoms with E-state index in [0.717, 1.165) is 0 Å². The average molecular weight is 220 g/mol. The summed E-state index contributed by atoms with van der Waals surface area (Å²) >= 11 is 11.7. The van der Waals surface area contributed by atoms with Crippen LogP contribution < -0.4 is 5.73 Å². The lowest BCUT2D eigenvalue weighted by molar-refractivity contribution is 0.170. The van der Waals surface area contributed by atoms with Gasteiger partial charge in [0.1, 0.15) is 0 Å². The Morgan fingerprint density at radius 1 is 1.31 bits per heavy atom. The molecule has 0 amide bonds. The maximum absolute atomic E-state index is 9.63. The number of halogens is 2. The molecular weight excluding hydrogens is 209 g/mol. The normalized spacial score (nSPS) is 12.9. The van der Waals surface area contributed by atoms with Gasteiger partial charge in [-0.2, -0.15) is 0 Å². The second-order valence-corrected chi connectivity index (χ2v) is 3.54. The predicted octanol–water partition coefficient (Wildman–Crippen LogP) is 2.38. The number of aliphatic hydroxyl groups is 1. The molecule has 0 radical (unpaired) electrons. The highest BCUT2D eigenvalue weighted by atomic mass is 35.5. The number of hydrogen-bond acceptors (Lipinski definition) is 2. The Morgan fingerprint density at radius 3 is 2.31 bits per heavy atom. The Balaban J connectivity index is 2.98. The number of benzene rings is 1. The standard InChI is InChI=1S/C9H11Cl2NO/c10-6-2-1-3-7(11)9(6)8(13)4-5-12/h1-3,8,13H,4-5,12H2/t8-/m1/s1. The van der Waals surface area contributed by atoms with Crippen molar-refractivity contribution in [2.75, 3.05) is 6.54 Å². The minimum atomic E-state index is -0.675. The molecule has 3 N–H and O–H groups in total. The molecule has 0 aliphatic rings. The van der Waals surface area contributed by atoms with Crippen LogP contribution in [0.5, 0.6) is 0 Å². The summed E-state index contributed by atoms with van der Waals surface area (Å²) in [5.41, 5.74) is 5.89. The lowest BCUT2D eigenvalue weighted by atomic mass is 10.1. The summed E-state index contributed by atoms with van der Waals surface area (Å²) in [6.07, 6.45) is -0.213. The van der Waals surface area contributed by atoms with Crippen molar-refractivity contribution in [3.05, 3.63) is 33.8 Å². The fraction of sp³-hybridized carbons (Fsp3) is 0.333. The Hall–Kier alpha value is -0.280. The lowest BCUT2D eigenvalue weighted by Crippen LogP contribution is -2.07. The zero-order chi connectivity index (χ0) is 9.84. The molecule has 0 unspecified atom stereocenters. The van der Waals surface area contributed by atoms with Crippen LogP contribution in [0.1, 0.15) is 18.1 Å². The number of nitrogens with two attached hydrogens (primary N) is 1. The van der Waals surface area contributed by atoms with Gasteiger partial charge in [-0.15, -0.1) is 0 Å². The van der Waals surface area contributed by atoms with E-state index in [2.05, 4.69) is 0 Å². The number of rotatable bonds is 3. The van der Waals surface area contributed by atoms with E-state index in [1.807, 2.05) is 0 Å². The predicted molar refractivity (Wildman–Crippen MR) is 55.1 cm³/mol. The van der Waals surface area contributed by atoms with Gasteiger partial charge in [0.05, 0.1) is 6.10 Å². The minimum absolute atomic E-state index is 0.405. The fourth-order valence-corrected chi connectivity index (χ4v) is 1.78. The van der Waals surface area contributed by atoms with E-state index < -0.39 is 6.10 Å². The van der Waals surface area contributed by atoms with E-state index >= 15 is 0 Å². The first-order chi connectivity index (χ1) is 6.16. The topological polar surface area (TPSA) is 46.2 Å². The van der Waals surface area contributed by atoms with Gasteiger partial charge < -0.3 is 10.8 Å². The summed E-state index contributed by atoms with van der Waals surface area (Å²) < 4.78 is 0. The molecule has 72 valence electrons. The van der Waals surface area contributed by atoms with Crippen molar-refractivity contribution >= 4 is 23.2 Å². The molecule has 4 heteroatoms. The molecule has 1 aromatic rings. The molecule has 2 nitrogen and oxygen atoms in total. The fourth-order valence-electron chi connectivity index (χ4n) is 1.13. The zero-order valence-corrected chi connectivity index (χ0v) is 8.52. The molecule has 0 heterocycles. The van der Waals surface area contributed by atoms with Gasteiger partial charge in [-0.1, -0.05) is 29.3 Å². The molecule has 1 aromatic carbocycles. The van der Waals surface area contributed by atoms with E-state index in [4.69, 9.17) is 28.9 Å². The third-order valence-electron chi connectivity index (χ3n) is 1.77. The Bertz CT molecular complexity index is 271. The van der Waals surface area contributed by atoms with E-state index in [-0.39, 0.29) is 0 Å². The van der Waals surface area contributed by atoms with E-state index in [9.17, 15) is 5.11 Å². The van der Waals surface area contributed by atoms with Gasteiger partial charge >= 0.3 is 0 Å². The van der Waals surface area contributed by atoms with Gasteiger partial charge in [0.15, 0.2) is 0 Å². The second-order valence-electron chi connectivity index (χ2n) is 2.73. The molecule has 0 saturated carbocycles. The average Bonchev–Trinajstić information content (AvgIpc) is 2.04. The van der Waals surface area contributed by atoms with E-state index in [1.54, 1.807) is 18.2 Å². The number of hydrogen-bond donors (Lipinski definition) is 2. The Kier molecular flexibility index (Phi) is 4.00. The van der Waals surface area contributed by atoms with Crippen LogP contribution in [0.3, 0.4) is 0 Å². The monoisotopic (exact) mass is 219 g/mol. The van der Waals surface area contributed by atoms with Crippen LogP contribution in [-0.4, -0.2) is 11.7 Å². The van der Waals surface area contributed by atoms with Crippen LogP contribution in [0, 0.1) is 0 Å². The van der Waals surface area contributed by atoms with Crippen molar-refractivity contribution in [2.24, 2.45) is 5.73 Å². The van der Waals surface area contributed by atoms with Gasteiger partial charge in [0.2, 0.25) is 0 Å². The van der Waals surface area contributed by atoms with Gasteiger partial charge in [0.25, 0.3) is 0 Å². The highest BCUT2D eigenvalue weighted by Gasteiger charge is 2.13. The quantitative estimate of drug-likeness (QED) is 0.821. The molecule has 0 spiro atoms. The molecule has 0 aliphatic heterocycles. The molecule has 1 atom stereocenters. The summed E-state index contributed by atoms with van der Waals surface area (Å²) in [6.45, 7) is 0.405. The van der Waals surface area contributed by atoms with Crippen molar-refractivity contribution in [2.45, 2.75) is 12.5 Å². The SMILES string of the molecule is NCC[C@@H](O)c1c(Cl)cccc1Cl.